The third-order valence-corrected chi connectivity index (χ3v) is 5.65. The maximum atomic E-state index is 12.3. The zero-order valence-electron chi connectivity index (χ0n) is 16.6. The zero-order chi connectivity index (χ0) is 23.1. The van der Waals surface area contributed by atoms with Gasteiger partial charge in [0.05, 0.1) is 16.8 Å². The molecule has 3 rings (SSSR count). The Hall–Kier alpha value is -3.05. The number of nitrogens with zero attached hydrogens (tertiary/aromatic N) is 1. The largest absolute Gasteiger partial charge is 0.573 e. The molecule has 0 saturated carbocycles. The van der Waals surface area contributed by atoms with E-state index in [9.17, 15) is 22.8 Å². The van der Waals surface area contributed by atoms with E-state index in [1.165, 1.54) is 30.4 Å². The van der Waals surface area contributed by atoms with Crippen LogP contribution in [0, 0.1) is 0 Å². The number of halogens is 3. The summed E-state index contributed by atoms with van der Waals surface area (Å²) in [5, 5.41) is 4.43. The zero-order valence-corrected chi connectivity index (χ0v) is 18.2. The van der Waals surface area contributed by atoms with Crippen LogP contribution in [0.5, 0.6) is 5.75 Å². The van der Waals surface area contributed by atoms with Gasteiger partial charge in [0.1, 0.15) is 5.75 Å². The number of thioether (sulfide) groups is 1. The summed E-state index contributed by atoms with van der Waals surface area (Å²) in [6.07, 6.45) is -5.92. The summed E-state index contributed by atoms with van der Waals surface area (Å²) in [6, 6.07) is 11.4. The van der Waals surface area contributed by atoms with Gasteiger partial charge in [-0.05, 0) is 55.5 Å². The fourth-order valence-corrected chi connectivity index (χ4v) is 3.88. The Morgan fingerprint density at radius 2 is 1.81 bits per heavy atom. The molecule has 6 nitrogen and oxygen atoms in total. The predicted molar refractivity (Wildman–Crippen MR) is 115 cm³/mol. The van der Waals surface area contributed by atoms with E-state index in [-0.39, 0.29) is 11.3 Å². The number of esters is 1. The summed E-state index contributed by atoms with van der Waals surface area (Å²) < 4.78 is 45.5. The molecule has 0 aliphatic rings. The highest BCUT2D eigenvalue weighted by Gasteiger charge is 2.31. The first-order valence-corrected chi connectivity index (χ1v) is 11.1. The van der Waals surface area contributed by atoms with E-state index in [0.29, 0.717) is 5.75 Å². The number of carbonyl (C=O) groups is 2. The van der Waals surface area contributed by atoms with Crippen molar-refractivity contribution in [3.63, 3.8) is 0 Å². The third-order valence-electron chi connectivity index (χ3n) is 3.97. The number of nitrogens with one attached hydrogen (secondary N) is 1. The van der Waals surface area contributed by atoms with Crippen LogP contribution in [-0.4, -0.2) is 29.3 Å². The molecule has 0 aliphatic heterocycles. The van der Waals surface area contributed by atoms with Gasteiger partial charge in [-0.3, -0.25) is 4.79 Å². The second-order valence-electron chi connectivity index (χ2n) is 6.40. The smallest absolute Gasteiger partial charge is 0.449 e. The number of ether oxygens (including phenoxy) is 2. The average molecular weight is 483 g/mol. The molecular formula is C21H17F3N2O4S2. The molecule has 0 unspecified atom stereocenters. The molecule has 0 fully saturated rings. The van der Waals surface area contributed by atoms with Crippen LogP contribution in [0.25, 0.3) is 0 Å². The van der Waals surface area contributed by atoms with E-state index >= 15 is 0 Å². The molecule has 32 heavy (non-hydrogen) atoms. The molecule has 1 atom stereocenters. The number of rotatable bonds is 8. The monoisotopic (exact) mass is 482 g/mol. The molecule has 0 aliphatic carbocycles. The lowest BCUT2D eigenvalue weighted by atomic mass is 10.2. The molecule has 0 spiro atoms. The number of alkyl halides is 3. The number of carbonyl (C=O) groups excluding carboxylic acids is 2. The van der Waals surface area contributed by atoms with Gasteiger partial charge in [0.25, 0.3) is 5.91 Å². The lowest BCUT2D eigenvalue weighted by Gasteiger charge is -2.14. The van der Waals surface area contributed by atoms with Crippen molar-refractivity contribution in [3.05, 3.63) is 70.7 Å². The van der Waals surface area contributed by atoms with Crippen LogP contribution in [0.1, 0.15) is 23.0 Å². The molecular weight excluding hydrogens is 465 g/mol. The first-order valence-electron chi connectivity index (χ1n) is 9.17. The fourth-order valence-electron chi connectivity index (χ4n) is 2.42. The Morgan fingerprint density at radius 1 is 1.12 bits per heavy atom. The number of aromatic nitrogens is 1. The van der Waals surface area contributed by atoms with Gasteiger partial charge < -0.3 is 14.8 Å². The number of amides is 1. The molecule has 0 bridgehead atoms. The van der Waals surface area contributed by atoms with Gasteiger partial charge in [0.2, 0.25) is 0 Å². The van der Waals surface area contributed by atoms with Crippen molar-refractivity contribution < 1.29 is 32.2 Å². The van der Waals surface area contributed by atoms with Crippen molar-refractivity contribution in [1.29, 1.82) is 0 Å². The van der Waals surface area contributed by atoms with E-state index in [1.807, 2.05) is 5.38 Å². The van der Waals surface area contributed by atoms with Gasteiger partial charge in [0.15, 0.2) is 6.10 Å². The Labute approximate surface area is 189 Å². The van der Waals surface area contributed by atoms with Crippen LogP contribution in [-0.2, 0) is 15.3 Å². The molecule has 1 amide bonds. The summed E-state index contributed by atoms with van der Waals surface area (Å²) in [6.45, 7) is 1.40. The highest BCUT2D eigenvalue weighted by molar-refractivity contribution is 7.98. The van der Waals surface area contributed by atoms with E-state index < -0.39 is 30.1 Å². The summed E-state index contributed by atoms with van der Waals surface area (Å²) >= 11 is 3.11. The summed E-state index contributed by atoms with van der Waals surface area (Å²) in [4.78, 5) is 29.7. The van der Waals surface area contributed by atoms with Gasteiger partial charge in [0, 0.05) is 21.7 Å². The summed E-state index contributed by atoms with van der Waals surface area (Å²) in [7, 11) is 0. The quantitative estimate of drug-likeness (QED) is 0.337. The van der Waals surface area contributed by atoms with Crippen LogP contribution in [0.15, 0.2) is 64.3 Å². The molecule has 1 aromatic heterocycles. The number of hydrogen-bond donors (Lipinski definition) is 1. The first kappa shape index (κ1) is 23.6. The topological polar surface area (TPSA) is 77.5 Å². The van der Waals surface area contributed by atoms with Crippen molar-refractivity contribution in [2.45, 2.75) is 30.0 Å². The Balaban J connectivity index is 1.49. The highest BCUT2D eigenvalue weighted by atomic mass is 32.2. The minimum atomic E-state index is -4.80. The first-order chi connectivity index (χ1) is 15.2. The van der Waals surface area contributed by atoms with Crippen LogP contribution < -0.4 is 10.1 Å². The Kier molecular flexibility index (Phi) is 7.75. The van der Waals surface area contributed by atoms with Gasteiger partial charge >= 0.3 is 12.3 Å². The lowest BCUT2D eigenvalue weighted by molar-refractivity contribution is -0.274. The maximum absolute atomic E-state index is 12.3. The van der Waals surface area contributed by atoms with Crippen LogP contribution in [0.2, 0.25) is 0 Å². The average Bonchev–Trinajstić information content (AvgIpc) is 3.26. The molecule has 1 N–H and O–H groups in total. The Bertz CT molecular complexity index is 1040. The maximum Gasteiger partial charge on any atom is 0.573 e. The van der Waals surface area contributed by atoms with E-state index in [1.54, 1.807) is 41.5 Å². The second kappa shape index (κ2) is 10.5. The van der Waals surface area contributed by atoms with Gasteiger partial charge in [-0.25, -0.2) is 9.78 Å². The van der Waals surface area contributed by atoms with Gasteiger partial charge in [-0.2, -0.15) is 0 Å². The molecule has 11 heteroatoms. The van der Waals surface area contributed by atoms with Crippen LogP contribution >= 0.6 is 23.1 Å². The van der Waals surface area contributed by atoms with Crippen molar-refractivity contribution in [2.24, 2.45) is 0 Å². The van der Waals surface area contributed by atoms with E-state index in [0.717, 1.165) is 22.7 Å². The third kappa shape index (κ3) is 7.27. The van der Waals surface area contributed by atoms with Crippen molar-refractivity contribution in [1.82, 2.24) is 4.98 Å². The number of anilines is 1. The predicted octanol–water partition coefficient (Wildman–Crippen LogP) is 5.52. The second-order valence-corrected chi connectivity index (χ2v) is 8.17. The minimum Gasteiger partial charge on any atom is -0.449 e. The van der Waals surface area contributed by atoms with Crippen molar-refractivity contribution in [2.75, 3.05) is 5.32 Å². The Morgan fingerprint density at radius 3 is 2.41 bits per heavy atom. The molecule has 1 heterocycles. The molecule has 0 saturated heterocycles. The lowest BCUT2D eigenvalue weighted by Crippen LogP contribution is -2.30. The minimum absolute atomic E-state index is 0.230. The SMILES string of the molecule is C[C@@H](OC(=O)c1ccc(SCc2cscn2)cc1)C(=O)Nc1ccc(OC(F)(F)F)cc1. The van der Waals surface area contributed by atoms with E-state index in [2.05, 4.69) is 15.0 Å². The fraction of sp³-hybridized carbons (Fsp3) is 0.190. The number of thiazole rings is 1. The normalized spacial score (nSPS) is 12.1. The molecule has 3 aromatic rings. The highest BCUT2D eigenvalue weighted by Crippen LogP contribution is 2.25. The summed E-state index contributed by atoms with van der Waals surface area (Å²) in [5.41, 5.74) is 3.26. The van der Waals surface area contributed by atoms with Crippen molar-refractivity contribution in [3.8, 4) is 5.75 Å². The van der Waals surface area contributed by atoms with Gasteiger partial charge in [-0.15, -0.1) is 36.3 Å². The van der Waals surface area contributed by atoms with E-state index in [4.69, 9.17) is 4.74 Å². The van der Waals surface area contributed by atoms with Crippen LogP contribution in [0.3, 0.4) is 0 Å². The molecule has 0 radical (unpaired) electrons. The molecule has 2 aromatic carbocycles. The van der Waals surface area contributed by atoms with Crippen LogP contribution in [0.4, 0.5) is 18.9 Å². The van der Waals surface area contributed by atoms with Gasteiger partial charge in [-0.1, -0.05) is 0 Å². The number of benzene rings is 2. The standard InChI is InChI=1S/C21H17F3N2O4S2/c1-13(19(27)26-15-4-6-17(7-5-15)30-21(22,23)24)29-20(28)14-2-8-18(9-3-14)32-11-16-10-31-12-25-16/h2-10,12-13H,11H2,1H3,(H,26,27)/t13-/m1/s1. The molecule has 168 valence electrons. The summed E-state index contributed by atoms with van der Waals surface area (Å²) in [5.74, 6) is -0.993. The number of hydrogen-bond acceptors (Lipinski definition) is 7. The van der Waals surface area contributed by atoms with Crippen molar-refractivity contribution >= 4 is 40.7 Å².